The third-order valence-corrected chi connectivity index (χ3v) is 11.6. The fraction of sp³-hybridized carbons (Fsp3) is 0.893. The average Bonchev–Trinajstić information content (AvgIpc) is 2.71. The largest absolute Gasteiger partial charge is 0.375 e. The Morgan fingerprint density at radius 3 is 1.91 bits per heavy atom. The van der Waals surface area contributed by atoms with Crippen molar-refractivity contribution in [1.82, 2.24) is 4.72 Å². The molecule has 0 aromatic heterocycles. The molecule has 3 unspecified atom stereocenters. The maximum Gasteiger partial charge on any atom is 0.231 e. The Labute approximate surface area is 226 Å². The quantitative estimate of drug-likeness (QED) is 0.145. The van der Waals surface area contributed by atoms with Crippen LogP contribution in [0.25, 0.3) is 0 Å². The average molecular weight is 534 g/mol. The summed E-state index contributed by atoms with van der Waals surface area (Å²) in [7, 11) is 0. The smallest absolute Gasteiger partial charge is 0.231 e. The van der Waals surface area contributed by atoms with Gasteiger partial charge in [0.2, 0.25) is 5.91 Å². The topological polar surface area (TPSA) is 38.3 Å². The van der Waals surface area contributed by atoms with Crippen LogP contribution in [0.15, 0.2) is 12.7 Å². The van der Waals surface area contributed by atoms with Crippen LogP contribution in [0.4, 0.5) is 0 Å². The van der Waals surface area contributed by atoms with Crippen molar-refractivity contribution in [3.8, 4) is 0 Å². The molecule has 0 saturated heterocycles. The van der Waals surface area contributed by atoms with Crippen LogP contribution in [0.2, 0.25) is 0 Å². The zero-order valence-electron chi connectivity index (χ0n) is 24.3. The molecule has 0 aromatic carbocycles. The van der Waals surface area contributed by atoms with Crippen LogP contribution in [0, 0.1) is 10.8 Å². The maximum atomic E-state index is 12.0. The number of thioether (sulfide) groups is 2. The molecule has 0 aliphatic carbocycles. The number of hydrogen-bond donors (Lipinski definition) is 2. The molecular formula is C28H55NO2S3. The molecule has 0 rings (SSSR count). The van der Waals surface area contributed by atoms with Crippen LogP contribution in [0.3, 0.4) is 0 Å². The lowest BCUT2D eigenvalue weighted by Crippen LogP contribution is -2.53. The van der Waals surface area contributed by atoms with Gasteiger partial charge in [0, 0.05) is 32.7 Å². The first-order valence-electron chi connectivity index (χ1n) is 12.9. The zero-order chi connectivity index (χ0) is 27.1. The number of ether oxygens (including phenoxy) is 1. The van der Waals surface area contributed by atoms with E-state index in [-0.39, 0.29) is 36.6 Å². The van der Waals surface area contributed by atoms with Crippen LogP contribution in [-0.2, 0) is 9.53 Å². The summed E-state index contributed by atoms with van der Waals surface area (Å²) in [5.41, 5.74) is -0.567. The Kier molecular flexibility index (Phi) is 13.2. The lowest BCUT2D eigenvalue weighted by molar-refractivity contribution is -0.133. The van der Waals surface area contributed by atoms with E-state index >= 15 is 0 Å². The van der Waals surface area contributed by atoms with Crippen LogP contribution in [0.5, 0.6) is 0 Å². The molecule has 0 aliphatic heterocycles. The number of carbonyl (C=O) groups excluding carboxylic acids is 1. The molecule has 0 bridgehead atoms. The molecule has 202 valence electrons. The summed E-state index contributed by atoms with van der Waals surface area (Å²) in [5, 5.41) is 0. The van der Waals surface area contributed by atoms with Gasteiger partial charge in [-0.1, -0.05) is 81.2 Å². The van der Waals surface area contributed by atoms with Crippen molar-refractivity contribution in [2.24, 2.45) is 10.8 Å². The summed E-state index contributed by atoms with van der Waals surface area (Å²) < 4.78 is 9.29. The van der Waals surface area contributed by atoms with E-state index in [0.717, 1.165) is 31.4 Å². The van der Waals surface area contributed by atoms with Crippen molar-refractivity contribution in [3.63, 3.8) is 0 Å². The van der Waals surface area contributed by atoms with Crippen molar-refractivity contribution in [1.29, 1.82) is 0 Å². The van der Waals surface area contributed by atoms with Gasteiger partial charge in [-0.2, -0.15) is 11.8 Å². The molecule has 0 aliphatic rings. The fourth-order valence-corrected chi connectivity index (χ4v) is 8.40. The Balaban J connectivity index is 5.55. The van der Waals surface area contributed by atoms with Crippen molar-refractivity contribution >= 4 is 42.2 Å². The Morgan fingerprint density at radius 2 is 1.50 bits per heavy atom. The van der Waals surface area contributed by atoms with Gasteiger partial charge in [0.25, 0.3) is 0 Å². The van der Waals surface area contributed by atoms with Crippen molar-refractivity contribution in [3.05, 3.63) is 12.7 Å². The normalized spacial score (nSPS) is 18.5. The third kappa shape index (κ3) is 9.27. The minimum Gasteiger partial charge on any atom is -0.375 e. The molecule has 0 saturated carbocycles. The third-order valence-electron chi connectivity index (χ3n) is 8.21. The highest BCUT2D eigenvalue weighted by Gasteiger charge is 2.52. The molecule has 1 N–H and O–H groups in total. The van der Waals surface area contributed by atoms with E-state index in [1.54, 1.807) is 0 Å². The maximum absolute atomic E-state index is 12.0. The molecular weight excluding hydrogens is 479 g/mol. The Bertz CT molecular complexity index is 664. The molecule has 1 amide bonds. The zero-order valence-corrected chi connectivity index (χ0v) is 26.8. The van der Waals surface area contributed by atoms with Gasteiger partial charge in [0.1, 0.15) is 0 Å². The van der Waals surface area contributed by atoms with E-state index in [9.17, 15) is 4.79 Å². The fourth-order valence-electron chi connectivity index (χ4n) is 5.21. The molecule has 3 nitrogen and oxygen atoms in total. The van der Waals surface area contributed by atoms with Crippen LogP contribution >= 0.6 is 36.3 Å². The predicted octanol–water partition coefficient (Wildman–Crippen LogP) is 8.73. The van der Waals surface area contributed by atoms with E-state index in [1.807, 2.05) is 23.5 Å². The number of hydrogen-bond acceptors (Lipinski definition) is 5. The molecule has 0 fully saturated rings. The standard InChI is InChI=1S/C28H55NO2S3/c1-14-26(11,34-27(12,15-2)20-22(30)29-32)18-19-31-25(9,10)28(13,16-3)23(5,6)21-24(7,8)33-17-4/h16,32H,3,14-15,17-21H2,1-2,4-13H3,(H,29,30). The van der Waals surface area contributed by atoms with Crippen molar-refractivity contribution in [2.75, 3.05) is 12.4 Å². The Morgan fingerprint density at radius 1 is 0.971 bits per heavy atom. The number of amides is 1. The second-order valence-electron chi connectivity index (χ2n) is 12.2. The number of rotatable bonds is 17. The summed E-state index contributed by atoms with van der Waals surface area (Å²) in [6.07, 6.45) is 6.55. The lowest BCUT2D eigenvalue weighted by Gasteiger charge is -2.54. The lowest BCUT2D eigenvalue weighted by atomic mass is 9.56. The van der Waals surface area contributed by atoms with E-state index in [0.29, 0.717) is 13.0 Å². The monoisotopic (exact) mass is 533 g/mol. The number of carbonyl (C=O) groups is 1. The number of thiol groups is 1. The van der Waals surface area contributed by atoms with Gasteiger partial charge >= 0.3 is 0 Å². The SMILES string of the molecule is C=CC(C)(C(C)(C)CC(C)(C)SCC)C(C)(C)OCCC(C)(CC)SC(C)(CC)CC(=O)NS. The van der Waals surface area contributed by atoms with E-state index < -0.39 is 0 Å². The first-order valence-corrected chi connectivity index (χ1v) is 15.1. The summed E-state index contributed by atoms with van der Waals surface area (Å²) in [6, 6.07) is 0. The van der Waals surface area contributed by atoms with Crippen LogP contribution < -0.4 is 4.72 Å². The van der Waals surface area contributed by atoms with Gasteiger partial charge < -0.3 is 9.46 Å². The van der Waals surface area contributed by atoms with Crippen LogP contribution in [0.1, 0.15) is 115 Å². The van der Waals surface area contributed by atoms with Gasteiger partial charge in [-0.15, -0.1) is 18.3 Å². The summed E-state index contributed by atoms with van der Waals surface area (Å²) in [4.78, 5) is 12.0. The summed E-state index contributed by atoms with van der Waals surface area (Å²) in [6.45, 7) is 32.3. The molecule has 3 atom stereocenters. The van der Waals surface area contributed by atoms with Crippen molar-refractivity contribution < 1.29 is 9.53 Å². The first-order chi connectivity index (χ1) is 15.3. The summed E-state index contributed by atoms with van der Waals surface area (Å²) >= 11 is 7.89. The number of nitrogens with one attached hydrogen (secondary N) is 1. The first kappa shape index (κ1) is 34.2. The van der Waals surface area contributed by atoms with Gasteiger partial charge in [0.15, 0.2) is 0 Å². The second-order valence-corrected chi connectivity index (χ2v) is 16.6. The van der Waals surface area contributed by atoms with Crippen molar-refractivity contribution in [2.45, 2.75) is 135 Å². The molecule has 0 heterocycles. The predicted molar refractivity (Wildman–Crippen MR) is 160 cm³/mol. The molecule has 6 heteroatoms. The summed E-state index contributed by atoms with van der Waals surface area (Å²) in [5.74, 6) is 1.09. The Hall–Kier alpha value is 0.220. The molecule has 0 spiro atoms. The van der Waals surface area contributed by atoms with E-state index in [4.69, 9.17) is 4.74 Å². The minimum atomic E-state index is -0.371. The highest BCUT2D eigenvalue weighted by molar-refractivity contribution is 8.02. The van der Waals surface area contributed by atoms with E-state index in [1.165, 1.54) is 0 Å². The highest BCUT2D eigenvalue weighted by atomic mass is 32.2. The van der Waals surface area contributed by atoms with Crippen LogP contribution in [-0.4, -0.2) is 38.1 Å². The van der Waals surface area contributed by atoms with Gasteiger partial charge in [0.05, 0.1) is 5.60 Å². The molecule has 0 radical (unpaired) electrons. The second kappa shape index (κ2) is 13.1. The van der Waals surface area contributed by atoms with Gasteiger partial charge in [-0.05, 0) is 57.6 Å². The van der Waals surface area contributed by atoms with Gasteiger partial charge in [-0.3, -0.25) is 4.79 Å². The van der Waals surface area contributed by atoms with Gasteiger partial charge in [-0.25, -0.2) is 0 Å². The molecule has 0 aromatic rings. The van der Waals surface area contributed by atoms with E-state index in [2.05, 4.69) is 113 Å². The molecule has 34 heavy (non-hydrogen) atoms. The minimum absolute atomic E-state index is 0.00768. The highest BCUT2D eigenvalue weighted by Crippen LogP contribution is 2.55.